The van der Waals surface area contributed by atoms with Gasteiger partial charge in [-0.15, -0.1) is 11.3 Å². The van der Waals surface area contributed by atoms with E-state index in [0.29, 0.717) is 13.0 Å². The van der Waals surface area contributed by atoms with Gasteiger partial charge in [0.1, 0.15) is 0 Å². The second-order valence-electron chi connectivity index (χ2n) is 5.28. The molecule has 0 unspecified atom stereocenters. The van der Waals surface area contributed by atoms with Crippen molar-refractivity contribution >= 4 is 23.3 Å². The molecule has 2 N–H and O–H groups in total. The van der Waals surface area contributed by atoms with Gasteiger partial charge < -0.3 is 15.4 Å². The van der Waals surface area contributed by atoms with Crippen LogP contribution in [0.25, 0.3) is 0 Å². The van der Waals surface area contributed by atoms with E-state index < -0.39 is 0 Å². The van der Waals surface area contributed by atoms with Crippen molar-refractivity contribution in [3.8, 4) is 0 Å². The Morgan fingerprint density at radius 1 is 1.33 bits per heavy atom. The number of hydrogen-bond donors (Lipinski definition) is 2. The summed E-state index contributed by atoms with van der Waals surface area (Å²) in [6.45, 7) is 2.66. The Hall–Kier alpha value is -1.56. The molecule has 1 aromatic rings. The van der Waals surface area contributed by atoms with Crippen molar-refractivity contribution in [2.24, 2.45) is 5.92 Å². The first kappa shape index (κ1) is 15.8. The zero-order valence-electron chi connectivity index (χ0n) is 12.5. The topological polar surface area (TPSA) is 67.4 Å². The van der Waals surface area contributed by atoms with Gasteiger partial charge in [0.25, 0.3) is 0 Å². The molecule has 0 spiro atoms. The summed E-state index contributed by atoms with van der Waals surface area (Å²) in [6.07, 6.45) is 3.29. The Labute approximate surface area is 129 Å². The maximum atomic E-state index is 11.9. The molecule has 1 aromatic heterocycles. The fourth-order valence-corrected chi connectivity index (χ4v) is 3.50. The van der Waals surface area contributed by atoms with Crippen LogP contribution in [0.1, 0.15) is 35.9 Å². The average molecular weight is 310 g/mol. The van der Waals surface area contributed by atoms with E-state index in [1.165, 1.54) is 12.0 Å². The fourth-order valence-electron chi connectivity index (χ4n) is 2.60. The molecule has 0 aromatic carbocycles. The number of esters is 1. The summed E-state index contributed by atoms with van der Waals surface area (Å²) in [4.78, 5) is 25.8. The van der Waals surface area contributed by atoms with Gasteiger partial charge in [-0.1, -0.05) is 6.92 Å². The minimum Gasteiger partial charge on any atom is -0.469 e. The molecule has 0 aliphatic heterocycles. The number of amides is 2. The van der Waals surface area contributed by atoms with E-state index in [1.54, 1.807) is 11.3 Å². The molecule has 5 nitrogen and oxygen atoms in total. The summed E-state index contributed by atoms with van der Waals surface area (Å²) in [5.41, 5.74) is 0. The number of urea groups is 1. The third kappa shape index (κ3) is 4.46. The number of methoxy groups -OCH3 is 1. The van der Waals surface area contributed by atoms with Gasteiger partial charge in [0, 0.05) is 15.8 Å². The Balaban J connectivity index is 1.71. The number of nitrogens with one attached hydrogen (secondary N) is 2. The number of aryl methyl sites for hydroxylation is 1. The molecule has 1 fully saturated rings. The minimum atomic E-state index is -0.176. The van der Waals surface area contributed by atoms with Crippen molar-refractivity contribution < 1.29 is 14.3 Å². The van der Waals surface area contributed by atoms with Gasteiger partial charge in [0.15, 0.2) is 0 Å². The summed E-state index contributed by atoms with van der Waals surface area (Å²) in [7, 11) is 1.40. The van der Waals surface area contributed by atoms with E-state index in [2.05, 4.69) is 23.6 Å². The predicted octanol–water partition coefficient (Wildman–Crippen LogP) is 2.45. The predicted molar refractivity (Wildman–Crippen MR) is 82.2 cm³/mol. The minimum absolute atomic E-state index is 0.0589. The lowest BCUT2D eigenvalue weighted by atomic mass is 10.1. The first-order chi connectivity index (χ1) is 10.1. The average Bonchev–Trinajstić information content (AvgIpc) is 3.13. The van der Waals surface area contributed by atoms with Crippen LogP contribution in [0.4, 0.5) is 4.79 Å². The molecule has 2 amide bonds. The zero-order valence-corrected chi connectivity index (χ0v) is 13.3. The third-order valence-corrected chi connectivity index (χ3v) is 5.02. The molecule has 116 valence electrons. The second kappa shape index (κ2) is 7.45. The highest BCUT2D eigenvalue weighted by Gasteiger charge is 2.31. The van der Waals surface area contributed by atoms with Crippen molar-refractivity contribution in [2.45, 2.75) is 45.2 Å². The van der Waals surface area contributed by atoms with Crippen LogP contribution in [0, 0.1) is 5.92 Å². The zero-order chi connectivity index (χ0) is 15.2. The highest BCUT2D eigenvalue weighted by Crippen LogP contribution is 2.26. The Bertz CT molecular complexity index is 501. The fraction of sp³-hybridized carbons (Fsp3) is 0.600. The van der Waals surface area contributed by atoms with Gasteiger partial charge in [-0.3, -0.25) is 4.79 Å². The molecule has 2 rings (SSSR count). The first-order valence-corrected chi connectivity index (χ1v) is 8.13. The van der Waals surface area contributed by atoms with E-state index in [-0.39, 0.29) is 24.0 Å². The van der Waals surface area contributed by atoms with Crippen molar-refractivity contribution in [1.82, 2.24) is 10.6 Å². The standard InChI is InChI=1S/C15H22N2O3S/c1-3-12-6-7-13(21-12)9-16-15(19)17-11-5-4-10(8-11)14(18)20-2/h6-7,10-11H,3-5,8-9H2,1-2H3,(H2,16,17,19)/t10-,11+/m0/s1. The number of thiophene rings is 1. The lowest BCUT2D eigenvalue weighted by Gasteiger charge is -2.13. The summed E-state index contributed by atoms with van der Waals surface area (Å²) in [5.74, 6) is -0.255. The van der Waals surface area contributed by atoms with Crippen LogP contribution >= 0.6 is 11.3 Å². The number of carbonyl (C=O) groups excluding carboxylic acids is 2. The molecule has 6 heteroatoms. The number of carbonyl (C=O) groups is 2. The summed E-state index contributed by atoms with van der Waals surface area (Å²) < 4.78 is 4.74. The van der Waals surface area contributed by atoms with Gasteiger partial charge in [-0.05, 0) is 37.8 Å². The third-order valence-electron chi connectivity index (χ3n) is 3.79. The molecule has 0 saturated heterocycles. The monoisotopic (exact) mass is 310 g/mol. The van der Waals surface area contributed by atoms with E-state index in [9.17, 15) is 9.59 Å². The van der Waals surface area contributed by atoms with Crippen molar-refractivity contribution in [2.75, 3.05) is 7.11 Å². The molecule has 1 aliphatic carbocycles. The van der Waals surface area contributed by atoms with Crippen LogP contribution in [-0.4, -0.2) is 25.2 Å². The largest absolute Gasteiger partial charge is 0.469 e. The quantitative estimate of drug-likeness (QED) is 0.821. The van der Waals surface area contributed by atoms with Crippen LogP contribution in [0.2, 0.25) is 0 Å². The Morgan fingerprint density at radius 2 is 2.10 bits per heavy atom. The van der Waals surface area contributed by atoms with Crippen LogP contribution in [0.15, 0.2) is 12.1 Å². The van der Waals surface area contributed by atoms with Crippen molar-refractivity contribution in [3.05, 3.63) is 21.9 Å². The molecule has 1 saturated carbocycles. The van der Waals surface area contributed by atoms with E-state index in [1.807, 2.05) is 6.07 Å². The van der Waals surface area contributed by atoms with E-state index >= 15 is 0 Å². The maximum absolute atomic E-state index is 11.9. The molecular formula is C15H22N2O3S. The molecule has 1 aliphatic rings. The lowest BCUT2D eigenvalue weighted by Crippen LogP contribution is -2.40. The Morgan fingerprint density at radius 3 is 2.76 bits per heavy atom. The first-order valence-electron chi connectivity index (χ1n) is 7.32. The number of rotatable bonds is 5. The molecule has 21 heavy (non-hydrogen) atoms. The lowest BCUT2D eigenvalue weighted by molar-refractivity contribution is -0.145. The smallest absolute Gasteiger partial charge is 0.315 e. The molecular weight excluding hydrogens is 288 g/mol. The van der Waals surface area contributed by atoms with Crippen LogP contribution in [-0.2, 0) is 22.5 Å². The number of ether oxygens (including phenoxy) is 1. The van der Waals surface area contributed by atoms with Gasteiger partial charge >= 0.3 is 12.0 Å². The summed E-state index contributed by atoms with van der Waals surface area (Å²) in [6, 6.07) is 4.03. The number of hydrogen-bond acceptors (Lipinski definition) is 4. The van der Waals surface area contributed by atoms with Gasteiger partial charge in [0.2, 0.25) is 0 Å². The van der Waals surface area contributed by atoms with E-state index in [0.717, 1.165) is 24.1 Å². The summed E-state index contributed by atoms with van der Waals surface area (Å²) >= 11 is 1.72. The van der Waals surface area contributed by atoms with Crippen molar-refractivity contribution in [1.29, 1.82) is 0 Å². The summed E-state index contributed by atoms with van der Waals surface area (Å²) in [5, 5.41) is 5.79. The van der Waals surface area contributed by atoms with Crippen LogP contribution in [0.3, 0.4) is 0 Å². The SMILES string of the molecule is CCc1ccc(CNC(=O)N[C@@H]2CC[C@H](C(=O)OC)C2)s1. The normalized spacial score (nSPS) is 21.0. The highest BCUT2D eigenvalue weighted by molar-refractivity contribution is 7.11. The molecule has 0 bridgehead atoms. The van der Waals surface area contributed by atoms with Gasteiger partial charge in [-0.2, -0.15) is 0 Å². The van der Waals surface area contributed by atoms with E-state index in [4.69, 9.17) is 4.74 Å². The van der Waals surface area contributed by atoms with Gasteiger partial charge in [0.05, 0.1) is 19.6 Å². The Kier molecular flexibility index (Phi) is 5.61. The maximum Gasteiger partial charge on any atom is 0.315 e. The van der Waals surface area contributed by atoms with Gasteiger partial charge in [-0.25, -0.2) is 4.79 Å². The molecule has 2 atom stereocenters. The van der Waals surface area contributed by atoms with Crippen LogP contribution < -0.4 is 10.6 Å². The molecule has 1 heterocycles. The molecule has 0 radical (unpaired) electrons. The second-order valence-corrected chi connectivity index (χ2v) is 6.53. The highest BCUT2D eigenvalue weighted by atomic mass is 32.1. The van der Waals surface area contributed by atoms with Crippen molar-refractivity contribution in [3.63, 3.8) is 0 Å². The van der Waals surface area contributed by atoms with Crippen LogP contribution in [0.5, 0.6) is 0 Å².